The van der Waals surface area contributed by atoms with Crippen LogP contribution in [0, 0.1) is 13.8 Å². The van der Waals surface area contributed by atoms with Gasteiger partial charge in [-0.1, -0.05) is 18.2 Å². The highest BCUT2D eigenvalue weighted by Crippen LogP contribution is 2.20. The Labute approximate surface area is 169 Å². The Kier molecular flexibility index (Phi) is 6.19. The van der Waals surface area contributed by atoms with Gasteiger partial charge in [0.05, 0.1) is 23.4 Å². The van der Waals surface area contributed by atoms with Crippen molar-refractivity contribution in [2.75, 3.05) is 17.2 Å². The van der Waals surface area contributed by atoms with Gasteiger partial charge in [0.15, 0.2) is 0 Å². The first-order chi connectivity index (χ1) is 14.0. The van der Waals surface area contributed by atoms with Crippen LogP contribution < -0.4 is 10.6 Å². The minimum Gasteiger partial charge on any atom is -0.462 e. The van der Waals surface area contributed by atoms with E-state index in [9.17, 15) is 9.59 Å². The molecule has 1 amide bonds. The first-order valence-corrected chi connectivity index (χ1v) is 9.21. The molecule has 3 rings (SSSR count). The number of esters is 1. The molecular weight excluding hydrogens is 368 g/mol. The van der Waals surface area contributed by atoms with Crippen molar-refractivity contribution in [3.63, 3.8) is 0 Å². The number of hydrogen-bond donors (Lipinski definition) is 2. The number of aromatic nitrogens is 2. The predicted octanol–water partition coefficient (Wildman–Crippen LogP) is 4.27. The summed E-state index contributed by atoms with van der Waals surface area (Å²) in [7, 11) is 0. The number of carbonyl (C=O) groups is 2. The molecule has 0 bridgehead atoms. The fraction of sp³-hybridized carbons (Fsp3) is 0.182. The number of benzene rings is 2. The molecular formula is C22H22N4O3. The molecule has 7 heteroatoms. The summed E-state index contributed by atoms with van der Waals surface area (Å²) in [4.78, 5) is 32.9. The molecule has 0 atom stereocenters. The van der Waals surface area contributed by atoms with Crippen molar-refractivity contribution in [2.24, 2.45) is 0 Å². The molecule has 0 unspecified atom stereocenters. The number of ether oxygens (including phenoxy) is 1. The third kappa shape index (κ3) is 5.16. The minimum absolute atomic E-state index is 0.268. The van der Waals surface area contributed by atoms with Gasteiger partial charge in [0.1, 0.15) is 0 Å². The third-order valence-corrected chi connectivity index (χ3v) is 4.06. The van der Waals surface area contributed by atoms with Gasteiger partial charge in [-0.15, -0.1) is 0 Å². The van der Waals surface area contributed by atoms with Gasteiger partial charge in [0, 0.05) is 18.1 Å². The summed E-state index contributed by atoms with van der Waals surface area (Å²) in [5.41, 5.74) is 4.09. The van der Waals surface area contributed by atoms with Crippen LogP contribution in [-0.4, -0.2) is 28.5 Å². The molecule has 2 aromatic carbocycles. The first-order valence-electron chi connectivity index (χ1n) is 9.21. The zero-order valence-corrected chi connectivity index (χ0v) is 16.5. The van der Waals surface area contributed by atoms with E-state index in [1.807, 2.05) is 32.0 Å². The van der Waals surface area contributed by atoms with E-state index in [2.05, 4.69) is 20.6 Å². The summed E-state index contributed by atoms with van der Waals surface area (Å²) in [6.45, 7) is 5.98. The number of hydrogen-bond acceptors (Lipinski definition) is 6. The lowest BCUT2D eigenvalue weighted by atomic mass is 10.1. The summed E-state index contributed by atoms with van der Waals surface area (Å²) in [5.74, 6) is -0.460. The molecule has 2 N–H and O–H groups in total. The van der Waals surface area contributed by atoms with Crippen LogP contribution in [0.1, 0.15) is 38.8 Å². The second kappa shape index (κ2) is 8.97. The van der Waals surface area contributed by atoms with Crippen molar-refractivity contribution >= 4 is 29.2 Å². The Hall–Kier alpha value is -3.74. The molecule has 0 aliphatic heterocycles. The van der Waals surface area contributed by atoms with Gasteiger partial charge >= 0.3 is 5.97 Å². The van der Waals surface area contributed by atoms with Crippen molar-refractivity contribution < 1.29 is 14.3 Å². The normalized spacial score (nSPS) is 10.3. The number of para-hydroxylation sites is 1. The van der Waals surface area contributed by atoms with Crippen LogP contribution >= 0.6 is 0 Å². The number of nitrogens with zero attached hydrogens (tertiary/aromatic N) is 2. The summed E-state index contributed by atoms with van der Waals surface area (Å²) in [6, 6.07) is 12.8. The molecule has 1 heterocycles. The molecule has 0 saturated heterocycles. The number of aryl methyl sites for hydroxylation is 2. The highest BCUT2D eigenvalue weighted by Gasteiger charge is 2.13. The highest BCUT2D eigenvalue weighted by molar-refractivity contribution is 6.04. The summed E-state index contributed by atoms with van der Waals surface area (Å²) in [5, 5.41) is 5.83. The molecule has 0 spiro atoms. The molecule has 0 fully saturated rings. The van der Waals surface area contributed by atoms with Gasteiger partial charge < -0.3 is 15.4 Å². The van der Waals surface area contributed by atoms with Crippen molar-refractivity contribution in [3.8, 4) is 0 Å². The van der Waals surface area contributed by atoms with E-state index in [4.69, 9.17) is 4.74 Å². The summed E-state index contributed by atoms with van der Waals surface area (Å²) < 4.78 is 5.06. The molecule has 7 nitrogen and oxygen atoms in total. The van der Waals surface area contributed by atoms with Crippen LogP contribution in [0.5, 0.6) is 0 Å². The van der Waals surface area contributed by atoms with E-state index in [0.29, 0.717) is 16.8 Å². The van der Waals surface area contributed by atoms with E-state index in [-0.39, 0.29) is 18.5 Å². The number of anilines is 3. The van der Waals surface area contributed by atoms with E-state index in [1.54, 1.807) is 31.2 Å². The number of carbonyl (C=O) groups excluding carboxylic acids is 2. The highest BCUT2D eigenvalue weighted by atomic mass is 16.5. The van der Waals surface area contributed by atoms with Crippen LogP contribution in [0.4, 0.5) is 17.3 Å². The Balaban J connectivity index is 1.72. The van der Waals surface area contributed by atoms with Gasteiger partial charge in [0.2, 0.25) is 5.95 Å². The second-order valence-electron chi connectivity index (χ2n) is 6.52. The first kappa shape index (κ1) is 20.0. The topological polar surface area (TPSA) is 93.2 Å². The van der Waals surface area contributed by atoms with Crippen LogP contribution in [0.25, 0.3) is 0 Å². The molecule has 1 aromatic heterocycles. The van der Waals surface area contributed by atoms with Gasteiger partial charge in [-0.3, -0.25) is 4.79 Å². The molecule has 3 aromatic rings. The lowest BCUT2D eigenvalue weighted by Gasteiger charge is -2.10. The average Bonchev–Trinajstić information content (AvgIpc) is 2.68. The molecule has 0 aliphatic rings. The minimum atomic E-state index is -0.431. The van der Waals surface area contributed by atoms with Gasteiger partial charge in [-0.05, 0) is 56.2 Å². The Morgan fingerprint density at radius 2 is 1.66 bits per heavy atom. The zero-order chi connectivity index (χ0) is 20.8. The smallest absolute Gasteiger partial charge is 0.340 e. The van der Waals surface area contributed by atoms with E-state index < -0.39 is 5.97 Å². The van der Waals surface area contributed by atoms with Crippen LogP contribution in [-0.2, 0) is 4.74 Å². The molecule has 0 radical (unpaired) electrons. The standard InChI is InChI=1S/C22H22N4O3/c1-4-29-21(28)18-7-5-6-8-19(18)26-22-23-12-16(13-24-22)20(27)25-17-10-14(2)9-15(3)11-17/h5-13H,4H2,1-3H3,(H,25,27)(H,23,24,26). The van der Waals surface area contributed by atoms with Gasteiger partial charge in [-0.25, -0.2) is 14.8 Å². The van der Waals surface area contributed by atoms with Crippen molar-refractivity contribution in [1.29, 1.82) is 0 Å². The van der Waals surface area contributed by atoms with Crippen molar-refractivity contribution in [1.82, 2.24) is 9.97 Å². The maximum absolute atomic E-state index is 12.4. The van der Waals surface area contributed by atoms with Crippen LogP contribution in [0.2, 0.25) is 0 Å². The predicted molar refractivity (Wildman–Crippen MR) is 112 cm³/mol. The zero-order valence-electron chi connectivity index (χ0n) is 16.5. The largest absolute Gasteiger partial charge is 0.462 e. The van der Waals surface area contributed by atoms with Crippen molar-refractivity contribution in [2.45, 2.75) is 20.8 Å². The lowest BCUT2D eigenvalue weighted by molar-refractivity contribution is 0.0527. The fourth-order valence-corrected chi connectivity index (χ4v) is 2.86. The van der Waals surface area contributed by atoms with Gasteiger partial charge in [-0.2, -0.15) is 0 Å². The summed E-state index contributed by atoms with van der Waals surface area (Å²) in [6.07, 6.45) is 2.86. The maximum atomic E-state index is 12.4. The van der Waals surface area contributed by atoms with Crippen LogP contribution in [0.3, 0.4) is 0 Å². The Bertz CT molecular complexity index is 1010. The molecule has 29 heavy (non-hydrogen) atoms. The quantitative estimate of drug-likeness (QED) is 0.611. The number of nitrogens with one attached hydrogen (secondary N) is 2. The molecule has 0 aliphatic carbocycles. The van der Waals surface area contributed by atoms with Crippen molar-refractivity contribution in [3.05, 3.63) is 77.1 Å². The molecule has 148 valence electrons. The van der Waals surface area contributed by atoms with E-state index in [1.165, 1.54) is 12.4 Å². The average molecular weight is 390 g/mol. The maximum Gasteiger partial charge on any atom is 0.340 e. The lowest BCUT2D eigenvalue weighted by Crippen LogP contribution is -2.13. The Morgan fingerprint density at radius 3 is 2.31 bits per heavy atom. The van der Waals surface area contributed by atoms with Crippen LogP contribution in [0.15, 0.2) is 54.9 Å². The second-order valence-corrected chi connectivity index (χ2v) is 6.52. The third-order valence-electron chi connectivity index (χ3n) is 4.06. The fourth-order valence-electron chi connectivity index (χ4n) is 2.86. The van der Waals surface area contributed by atoms with Gasteiger partial charge in [0.25, 0.3) is 5.91 Å². The number of rotatable bonds is 6. The summed E-state index contributed by atoms with van der Waals surface area (Å²) >= 11 is 0. The monoisotopic (exact) mass is 390 g/mol. The van der Waals surface area contributed by atoms with E-state index in [0.717, 1.165) is 16.8 Å². The number of amides is 1. The Morgan fingerprint density at radius 1 is 1.00 bits per heavy atom. The SMILES string of the molecule is CCOC(=O)c1ccccc1Nc1ncc(C(=O)Nc2cc(C)cc(C)c2)cn1. The van der Waals surface area contributed by atoms with E-state index >= 15 is 0 Å². The molecule has 0 saturated carbocycles.